The predicted molar refractivity (Wildman–Crippen MR) is 89.1 cm³/mol. The lowest BCUT2D eigenvalue weighted by Crippen LogP contribution is -2.74. The molecule has 0 spiro atoms. The molecule has 3 heterocycles. The number of fused-ring (bicyclic) bond motifs is 2. The molecule has 0 radical (unpaired) electrons. The van der Waals surface area contributed by atoms with Crippen molar-refractivity contribution in [2.24, 2.45) is 0 Å². The van der Waals surface area contributed by atoms with Crippen LogP contribution in [0.2, 0.25) is 0 Å². The highest BCUT2D eigenvalue weighted by atomic mass is 32.2. The Bertz CT molecular complexity index is 917. The molecule has 0 aliphatic carbocycles. The molecule has 134 valence electrons. The number of imide groups is 1. The lowest BCUT2D eigenvalue weighted by Gasteiger charge is -2.51. The Morgan fingerprint density at radius 2 is 1.69 bits per heavy atom. The van der Waals surface area contributed by atoms with Gasteiger partial charge in [0.1, 0.15) is 11.1 Å². The van der Waals surface area contributed by atoms with Gasteiger partial charge in [-0.05, 0) is 24.6 Å². The third kappa shape index (κ3) is 1.97. The summed E-state index contributed by atoms with van der Waals surface area (Å²) in [5, 5.41) is -0.942. The van der Waals surface area contributed by atoms with Crippen LogP contribution in [0.25, 0.3) is 0 Å². The third-order valence-electron chi connectivity index (χ3n) is 4.77. The minimum absolute atomic E-state index is 0.0370. The number of carbonyl (C=O) groups excluding carboxylic acids is 4. The molecule has 0 unspecified atom stereocenters. The van der Waals surface area contributed by atoms with Gasteiger partial charge in [0, 0.05) is 5.75 Å². The normalized spacial score (nSPS) is 27.3. The van der Waals surface area contributed by atoms with E-state index < -0.39 is 45.9 Å². The Morgan fingerprint density at radius 1 is 1.12 bits per heavy atom. The van der Waals surface area contributed by atoms with Gasteiger partial charge in [-0.15, -0.1) is 0 Å². The number of rotatable bonds is 2. The molecule has 3 aliphatic heterocycles. The second-order valence-corrected chi connectivity index (χ2v) is 7.75. The van der Waals surface area contributed by atoms with Crippen LogP contribution < -0.4 is 0 Å². The Kier molecular flexibility index (Phi) is 3.58. The summed E-state index contributed by atoms with van der Waals surface area (Å²) in [7, 11) is -0.357. The summed E-state index contributed by atoms with van der Waals surface area (Å²) in [4.78, 5) is 52.0. The lowest BCUT2D eigenvalue weighted by molar-refractivity contribution is -0.153. The Morgan fingerprint density at radius 3 is 2.23 bits per heavy atom. The van der Waals surface area contributed by atoms with E-state index in [0.717, 1.165) is 9.80 Å². The molecule has 4 rings (SSSR count). The molecule has 0 bridgehead atoms. The number of ether oxygens (including phenoxy) is 1. The first-order valence-corrected chi connectivity index (χ1v) is 9.22. The second kappa shape index (κ2) is 5.60. The van der Waals surface area contributed by atoms with Crippen molar-refractivity contribution in [3.8, 4) is 0 Å². The van der Waals surface area contributed by atoms with Gasteiger partial charge in [0.25, 0.3) is 17.7 Å². The number of hydrogen-bond acceptors (Lipinski definition) is 6. The zero-order valence-corrected chi connectivity index (χ0v) is 14.7. The third-order valence-corrected chi connectivity index (χ3v) is 6.50. The van der Waals surface area contributed by atoms with Crippen molar-refractivity contribution in [3.63, 3.8) is 0 Å². The molecular formula is C17H14N2O6S. The Hall–Kier alpha value is -2.81. The predicted octanol–water partition coefficient (Wildman–Crippen LogP) is 0.0288. The first-order chi connectivity index (χ1) is 12.4. The fourth-order valence-electron chi connectivity index (χ4n) is 3.59. The summed E-state index contributed by atoms with van der Waals surface area (Å²) in [6.45, 7) is 1.60. The number of hydrogen-bond donors (Lipinski definition) is 0. The lowest BCUT2D eigenvalue weighted by atomic mass is 10.0. The SMILES string of the molecule is COC(=O)C1=C(C)C[S@](=O)[C@@H]2[C@@H](N3C(=O)c4ccccc4C3=O)C(=O)N12. The molecule has 9 heteroatoms. The molecule has 26 heavy (non-hydrogen) atoms. The minimum atomic E-state index is -1.55. The van der Waals surface area contributed by atoms with Crippen molar-refractivity contribution in [2.75, 3.05) is 12.9 Å². The number of amides is 3. The average Bonchev–Trinajstić information content (AvgIpc) is 2.87. The van der Waals surface area contributed by atoms with Crippen LogP contribution in [0, 0.1) is 0 Å². The maximum absolute atomic E-state index is 12.8. The van der Waals surface area contributed by atoms with Gasteiger partial charge in [0.15, 0.2) is 6.04 Å². The molecule has 1 fully saturated rings. The van der Waals surface area contributed by atoms with Gasteiger partial charge in [-0.25, -0.2) is 4.79 Å². The monoisotopic (exact) mass is 374 g/mol. The summed E-state index contributed by atoms with van der Waals surface area (Å²) in [6, 6.07) is 5.10. The van der Waals surface area contributed by atoms with E-state index in [9.17, 15) is 23.4 Å². The zero-order chi connectivity index (χ0) is 18.7. The van der Waals surface area contributed by atoms with E-state index in [1.165, 1.54) is 19.2 Å². The Balaban J connectivity index is 1.73. The first kappa shape index (κ1) is 16.6. The van der Waals surface area contributed by atoms with Gasteiger partial charge in [-0.3, -0.25) is 28.4 Å². The molecular weight excluding hydrogens is 360 g/mol. The number of esters is 1. The fourth-order valence-corrected chi connectivity index (χ4v) is 5.29. The molecule has 0 N–H and O–H groups in total. The van der Waals surface area contributed by atoms with Crippen LogP contribution >= 0.6 is 0 Å². The number of benzene rings is 1. The maximum atomic E-state index is 12.8. The van der Waals surface area contributed by atoms with Gasteiger partial charge in [-0.2, -0.15) is 0 Å². The molecule has 1 aromatic rings. The van der Waals surface area contributed by atoms with Crippen molar-refractivity contribution < 1.29 is 28.1 Å². The van der Waals surface area contributed by atoms with Crippen LogP contribution in [0.4, 0.5) is 0 Å². The molecule has 3 amide bonds. The number of methoxy groups -OCH3 is 1. The van der Waals surface area contributed by atoms with E-state index in [0.29, 0.717) is 5.57 Å². The molecule has 3 aliphatic rings. The number of nitrogens with zero attached hydrogens (tertiary/aromatic N) is 2. The number of β-lactam (4-membered cyclic amide) rings is 1. The van der Waals surface area contributed by atoms with E-state index >= 15 is 0 Å². The van der Waals surface area contributed by atoms with Gasteiger partial charge < -0.3 is 4.74 Å². The molecule has 3 atom stereocenters. The summed E-state index contributed by atoms with van der Waals surface area (Å²) >= 11 is 0. The van der Waals surface area contributed by atoms with Crippen molar-refractivity contribution >= 4 is 34.5 Å². The largest absolute Gasteiger partial charge is 0.464 e. The quantitative estimate of drug-likeness (QED) is 0.411. The smallest absolute Gasteiger partial charge is 0.354 e. The zero-order valence-electron chi connectivity index (χ0n) is 13.9. The van der Waals surface area contributed by atoms with Crippen LogP contribution in [0.1, 0.15) is 27.6 Å². The molecule has 0 saturated carbocycles. The van der Waals surface area contributed by atoms with Crippen LogP contribution in [-0.2, 0) is 25.1 Å². The molecule has 8 nitrogen and oxygen atoms in total. The number of carbonyl (C=O) groups is 4. The van der Waals surface area contributed by atoms with Crippen LogP contribution in [-0.4, -0.2) is 62.0 Å². The standard InChI is InChI=1S/C17H14N2O6S/c1-8-7-26(24)16-12(15(22)19(16)11(8)17(23)25-2)18-13(20)9-5-3-4-6-10(9)14(18)21/h3-6,12,16H,7H2,1-2H3/t12-,16+,26-/m0/s1. The van der Waals surface area contributed by atoms with Crippen LogP contribution in [0.3, 0.4) is 0 Å². The molecule has 1 saturated heterocycles. The fraction of sp³-hybridized carbons (Fsp3) is 0.294. The first-order valence-electron chi connectivity index (χ1n) is 7.83. The highest BCUT2D eigenvalue weighted by Crippen LogP contribution is 2.40. The summed E-state index contributed by atoms with van der Waals surface area (Å²) in [5.74, 6) is -2.44. The van der Waals surface area contributed by atoms with E-state index in [-0.39, 0.29) is 22.6 Å². The highest BCUT2D eigenvalue weighted by Gasteiger charge is 2.62. The van der Waals surface area contributed by atoms with Crippen LogP contribution in [0.5, 0.6) is 0 Å². The van der Waals surface area contributed by atoms with Crippen LogP contribution in [0.15, 0.2) is 35.5 Å². The van der Waals surface area contributed by atoms with E-state index in [2.05, 4.69) is 0 Å². The summed E-state index contributed by atoms with van der Waals surface area (Å²) in [5.41, 5.74) is 0.936. The topological polar surface area (TPSA) is 101 Å². The molecule has 1 aromatic carbocycles. The van der Waals surface area contributed by atoms with Crippen molar-refractivity contribution in [3.05, 3.63) is 46.7 Å². The van der Waals surface area contributed by atoms with Gasteiger partial charge in [0.05, 0.1) is 29.0 Å². The average molecular weight is 374 g/mol. The van der Waals surface area contributed by atoms with Crippen molar-refractivity contribution in [1.82, 2.24) is 9.80 Å². The maximum Gasteiger partial charge on any atom is 0.354 e. The van der Waals surface area contributed by atoms with Gasteiger partial charge >= 0.3 is 5.97 Å². The van der Waals surface area contributed by atoms with Crippen molar-refractivity contribution in [2.45, 2.75) is 18.3 Å². The van der Waals surface area contributed by atoms with Crippen molar-refractivity contribution in [1.29, 1.82) is 0 Å². The van der Waals surface area contributed by atoms with E-state index in [4.69, 9.17) is 4.74 Å². The second-order valence-electron chi connectivity index (χ2n) is 6.22. The van der Waals surface area contributed by atoms with Gasteiger partial charge in [-0.1, -0.05) is 12.1 Å². The van der Waals surface area contributed by atoms with E-state index in [1.807, 2.05) is 0 Å². The minimum Gasteiger partial charge on any atom is -0.464 e. The highest BCUT2D eigenvalue weighted by molar-refractivity contribution is 7.86. The molecule has 0 aromatic heterocycles. The summed E-state index contributed by atoms with van der Waals surface area (Å²) in [6.07, 6.45) is 0. The summed E-state index contributed by atoms with van der Waals surface area (Å²) < 4.78 is 17.3. The van der Waals surface area contributed by atoms with Gasteiger partial charge in [0.2, 0.25) is 0 Å². The Labute approximate surface area is 150 Å². The van der Waals surface area contributed by atoms with E-state index in [1.54, 1.807) is 19.1 Å².